The summed E-state index contributed by atoms with van der Waals surface area (Å²) in [7, 11) is 0. The Kier molecular flexibility index (Phi) is 7.82. The van der Waals surface area contributed by atoms with Crippen molar-refractivity contribution in [3.63, 3.8) is 0 Å². The van der Waals surface area contributed by atoms with Gasteiger partial charge in [-0.05, 0) is 25.7 Å². The fraction of sp³-hybridized carbons (Fsp3) is 1.00. The molecule has 0 saturated heterocycles. The van der Waals surface area contributed by atoms with Crippen molar-refractivity contribution in [1.29, 1.82) is 0 Å². The molecule has 0 aromatic heterocycles. The number of ether oxygens (including phenoxy) is 2. The van der Waals surface area contributed by atoms with Gasteiger partial charge in [0.25, 0.3) is 0 Å². The Morgan fingerprint density at radius 3 is 1.56 bits per heavy atom. The van der Waals surface area contributed by atoms with E-state index in [2.05, 4.69) is 13.8 Å². The molecule has 1 rings (SSSR count). The van der Waals surface area contributed by atoms with E-state index < -0.39 is 12.2 Å². The minimum Gasteiger partial charge on any atom is -0.388 e. The van der Waals surface area contributed by atoms with Gasteiger partial charge in [-0.15, -0.1) is 0 Å². The van der Waals surface area contributed by atoms with Crippen molar-refractivity contribution in [3.05, 3.63) is 0 Å². The minimum atomic E-state index is -0.817. The summed E-state index contributed by atoms with van der Waals surface area (Å²) in [4.78, 5) is 0. The lowest BCUT2D eigenvalue weighted by molar-refractivity contribution is -0.167. The van der Waals surface area contributed by atoms with Gasteiger partial charge in [0.2, 0.25) is 0 Å². The molecule has 1 aliphatic carbocycles. The first-order chi connectivity index (χ1) is 8.70. The van der Waals surface area contributed by atoms with Crippen LogP contribution in [0.25, 0.3) is 0 Å². The summed E-state index contributed by atoms with van der Waals surface area (Å²) in [6.07, 6.45) is 3.56. The van der Waals surface area contributed by atoms with Crippen LogP contribution in [0, 0.1) is 0 Å². The lowest BCUT2D eigenvalue weighted by Crippen LogP contribution is -2.51. The maximum absolute atomic E-state index is 10.0. The third kappa shape index (κ3) is 4.84. The molecule has 1 aliphatic rings. The average Bonchev–Trinajstić information content (AvgIpc) is 2.37. The Morgan fingerprint density at radius 1 is 0.833 bits per heavy atom. The van der Waals surface area contributed by atoms with Gasteiger partial charge in [-0.1, -0.05) is 26.7 Å². The van der Waals surface area contributed by atoms with Crippen LogP contribution in [0.15, 0.2) is 0 Å². The molecule has 0 aromatic rings. The maximum atomic E-state index is 10.0. The first-order valence-electron chi connectivity index (χ1n) is 7.30. The fourth-order valence-corrected chi connectivity index (χ4v) is 2.23. The number of aliphatic hydroxyl groups excluding tert-OH is 2. The predicted molar refractivity (Wildman–Crippen MR) is 70.5 cm³/mol. The van der Waals surface area contributed by atoms with E-state index in [0.29, 0.717) is 13.2 Å². The first kappa shape index (κ1) is 15.9. The van der Waals surface area contributed by atoms with Gasteiger partial charge in [0.1, 0.15) is 12.2 Å². The molecule has 3 unspecified atom stereocenters. The van der Waals surface area contributed by atoms with E-state index in [1.54, 1.807) is 0 Å². The summed E-state index contributed by atoms with van der Waals surface area (Å²) < 4.78 is 11.2. The third-order valence-electron chi connectivity index (χ3n) is 3.51. The summed E-state index contributed by atoms with van der Waals surface area (Å²) in [5.41, 5.74) is 0. The van der Waals surface area contributed by atoms with Gasteiger partial charge in [-0.3, -0.25) is 0 Å². The van der Waals surface area contributed by atoms with E-state index in [-0.39, 0.29) is 12.2 Å². The Bertz CT molecular complexity index is 188. The van der Waals surface area contributed by atoms with Crippen molar-refractivity contribution < 1.29 is 19.7 Å². The molecule has 108 valence electrons. The molecule has 0 heterocycles. The van der Waals surface area contributed by atoms with E-state index in [1.807, 2.05) is 0 Å². The molecule has 0 amide bonds. The summed E-state index contributed by atoms with van der Waals surface area (Å²) >= 11 is 0. The van der Waals surface area contributed by atoms with Crippen LogP contribution in [-0.2, 0) is 9.47 Å². The van der Waals surface area contributed by atoms with Crippen LogP contribution in [0.5, 0.6) is 0 Å². The molecule has 18 heavy (non-hydrogen) atoms. The first-order valence-corrected chi connectivity index (χ1v) is 7.30. The van der Waals surface area contributed by atoms with Crippen LogP contribution < -0.4 is 0 Å². The number of hydrogen-bond acceptors (Lipinski definition) is 4. The van der Waals surface area contributed by atoms with Gasteiger partial charge < -0.3 is 19.7 Å². The third-order valence-corrected chi connectivity index (χ3v) is 3.51. The lowest BCUT2D eigenvalue weighted by atomic mass is 9.89. The van der Waals surface area contributed by atoms with Gasteiger partial charge in [-0.2, -0.15) is 0 Å². The molecule has 2 N–H and O–H groups in total. The summed E-state index contributed by atoms with van der Waals surface area (Å²) in [5, 5.41) is 20.0. The van der Waals surface area contributed by atoms with E-state index in [1.165, 1.54) is 0 Å². The number of unbranched alkanes of at least 4 members (excludes halogenated alkanes) is 2. The van der Waals surface area contributed by atoms with E-state index in [9.17, 15) is 10.2 Å². The van der Waals surface area contributed by atoms with E-state index in [0.717, 1.165) is 38.5 Å². The fourth-order valence-electron chi connectivity index (χ4n) is 2.23. The number of rotatable bonds is 8. The Labute approximate surface area is 110 Å². The highest BCUT2D eigenvalue weighted by Gasteiger charge is 2.38. The molecule has 1 fully saturated rings. The van der Waals surface area contributed by atoms with Gasteiger partial charge in [0, 0.05) is 13.2 Å². The molecule has 4 nitrogen and oxygen atoms in total. The van der Waals surface area contributed by atoms with Crippen LogP contribution in [0.2, 0.25) is 0 Å². The normalized spacial score (nSPS) is 32.7. The second-order valence-electron chi connectivity index (χ2n) is 5.08. The van der Waals surface area contributed by atoms with Crippen LogP contribution >= 0.6 is 0 Å². The Morgan fingerprint density at radius 2 is 1.22 bits per heavy atom. The molecule has 0 spiro atoms. The smallest absolute Gasteiger partial charge is 0.109 e. The van der Waals surface area contributed by atoms with Gasteiger partial charge in [0.15, 0.2) is 0 Å². The van der Waals surface area contributed by atoms with Crippen molar-refractivity contribution in [1.82, 2.24) is 0 Å². The lowest BCUT2D eigenvalue weighted by Gasteiger charge is -2.37. The molecule has 0 aromatic carbocycles. The average molecular weight is 260 g/mol. The largest absolute Gasteiger partial charge is 0.388 e. The second kappa shape index (κ2) is 8.86. The van der Waals surface area contributed by atoms with E-state index in [4.69, 9.17) is 9.47 Å². The highest BCUT2D eigenvalue weighted by Crippen LogP contribution is 2.25. The van der Waals surface area contributed by atoms with Crippen molar-refractivity contribution in [2.24, 2.45) is 0 Å². The maximum Gasteiger partial charge on any atom is 0.109 e. The SMILES string of the molecule is CCCCOC1CCC(OCCCC)[C@@H](O)C1O. The van der Waals surface area contributed by atoms with Crippen molar-refractivity contribution in [2.75, 3.05) is 13.2 Å². The highest BCUT2D eigenvalue weighted by atomic mass is 16.5. The van der Waals surface area contributed by atoms with Gasteiger partial charge in [0.05, 0.1) is 12.2 Å². The van der Waals surface area contributed by atoms with Crippen LogP contribution in [0.3, 0.4) is 0 Å². The number of aliphatic hydroxyl groups is 2. The summed E-state index contributed by atoms with van der Waals surface area (Å²) in [6.45, 7) is 5.53. The van der Waals surface area contributed by atoms with Crippen LogP contribution in [0.4, 0.5) is 0 Å². The molecule has 0 aliphatic heterocycles. The zero-order valence-corrected chi connectivity index (χ0v) is 11.7. The predicted octanol–water partition coefficient (Wildman–Crippen LogP) is 1.87. The monoisotopic (exact) mass is 260 g/mol. The number of hydrogen-bond donors (Lipinski definition) is 2. The zero-order chi connectivity index (χ0) is 13.4. The van der Waals surface area contributed by atoms with Crippen molar-refractivity contribution in [3.8, 4) is 0 Å². The minimum absolute atomic E-state index is 0.238. The van der Waals surface area contributed by atoms with Gasteiger partial charge in [-0.25, -0.2) is 0 Å². The molecular formula is C14H28O4. The standard InChI is InChI=1S/C14H28O4/c1-3-5-9-17-11-7-8-12(14(16)13(11)15)18-10-6-4-2/h11-16H,3-10H2,1-2H3/t11?,12?,13-,14?/m1/s1. The highest BCUT2D eigenvalue weighted by molar-refractivity contribution is 4.89. The molecule has 4 heteroatoms. The topological polar surface area (TPSA) is 58.9 Å². The molecule has 0 radical (unpaired) electrons. The molecular weight excluding hydrogens is 232 g/mol. The molecule has 0 bridgehead atoms. The van der Waals surface area contributed by atoms with E-state index >= 15 is 0 Å². The molecule has 1 saturated carbocycles. The van der Waals surface area contributed by atoms with Gasteiger partial charge >= 0.3 is 0 Å². The van der Waals surface area contributed by atoms with Crippen molar-refractivity contribution >= 4 is 0 Å². The van der Waals surface area contributed by atoms with Crippen LogP contribution in [-0.4, -0.2) is 47.8 Å². The quantitative estimate of drug-likeness (QED) is 0.654. The molecule has 4 atom stereocenters. The second-order valence-corrected chi connectivity index (χ2v) is 5.08. The van der Waals surface area contributed by atoms with Crippen LogP contribution in [0.1, 0.15) is 52.4 Å². The Hall–Kier alpha value is -0.160. The Balaban J connectivity index is 2.30. The zero-order valence-electron chi connectivity index (χ0n) is 11.7. The van der Waals surface area contributed by atoms with Crippen molar-refractivity contribution in [2.45, 2.75) is 76.8 Å². The summed E-state index contributed by atoms with van der Waals surface area (Å²) in [6, 6.07) is 0. The summed E-state index contributed by atoms with van der Waals surface area (Å²) in [5.74, 6) is 0.